The Labute approximate surface area is 63.2 Å². The highest BCUT2D eigenvalue weighted by molar-refractivity contribution is 5.73. The maximum atomic E-state index is 10.5. The van der Waals surface area contributed by atoms with Crippen molar-refractivity contribution in [1.82, 2.24) is 14.8 Å². The largest absolute Gasteiger partial charge is 0.350 e. The third-order valence-corrected chi connectivity index (χ3v) is 1.68. The van der Waals surface area contributed by atoms with Crippen LogP contribution in [0.25, 0.3) is 0 Å². The zero-order chi connectivity index (χ0) is 7.84. The first-order valence-corrected chi connectivity index (χ1v) is 3.49. The Kier molecular flexibility index (Phi) is 1.18. The van der Waals surface area contributed by atoms with Crippen LogP contribution >= 0.6 is 0 Å². The molecule has 0 aliphatic heterocycles. The quantitative estimate of drug-likeness (QED) is 0.619. The van der Waals surface area contributed by atoms with Crippen molar-refractivity contribution in [3.63, 3.8) is 0 Å². The molecule has 1 fully saturated rings. The second-order valence-corrected chi connectivity index (χ2v) is 2.66. The average Bonchev–Trinajstić information content (AvgIpc) is 2.68. The van der Waals surface area contributed by atoms with Crippen LogP contribution in [0.5, 0.6) is 0 Å². The first-order valence-electron chi connectivity index (χ1n) is 3.49. The zero-order valence-electron chi connectivity index (χ0n) is 5.90. The lowest BCUT2D eigenvalue weighted by Crippen LogP contribution is -2.19. The number of aromatic nitrogens is 3. The number of rotatable bonds is 1. The van der Waals surface area contributed by atoms with Gasteiger partial charge in [0.15, 0.2) is 5.82 Å². The number of hydrogen-bond acceptors (Lipinski definition) is 3. The van der Waals surface area contributed by atoms with Gasteiger partial charge in [-0.1, -0.05) is 0 Å². The molecule has 0 unspecified atom stereocenters. The number of nitrogens with two attached hydrogens (primary N) is 1. The summed E-state index contributed by atoms with van der Waals surface area (Å²) in [5.41, 5.74) is 4.97. The first kappa shape index (κ1) is 6.33. The molecular formula is C6H8N4O. The predicted octanol–water partition coefficient (Wildman–Crippen LogP) is 0.0823. The van der Waals surface area contributed by atoms with Crippen LogP contribution in [0.2, 0.25) is 0 Å². The number of amides is 1. The lowest BCUT2D eigenvalue weighted by atomic mass is 10.4. The normalized spacial score (nSPS) is 16.7. The molecular weight excluding hydrogens is 144 g/mol. The second kappa shape index (κ2) is 2.05. The molecule has 58 valence electrons. The molecule has 1 saturated carbocycles. The molecule has 2 rings (SSSR count). The smallest absolute Gasteiger partial charge is 0.340 e. The van der Waals surface area contributed by atoms with Crippen molar-refractivity contribution in [3.05, 3.63) is 12.2 Å². The summed E-state index contributed by atoms with van der Waals surface area (Å²) in [5.74, 6) is 1.21. The molecule has 1 aromatic heterocycles. The summed E-state index contributed by atoms with van der Waals surface area (Å²) in [6.07, 6.45) is 3.61. The van der Waals surface area contributed by atoms with Crippen LogP contribution in [0, 0.1) is 0 Å². The Hall–Kier alpha value is -1.39. The minimum atomic E-state index is -0.579. The summed E-state index contributed by atoms with van der Waals surface area (Å²) < 4.78 is 1.06. The van der Waals surface area contributed by atoms with E-state index >= 15 is 0 Å². The van der Waals surface area contributed by atoms with Gasteiger partial charge >= 0.3 is 6.03 Å². The highest BCUT2D eigenvalue weighted by Gasteiger charge is 2.27. The van der Waals surface area contributed by atoms with Crippen LogP contribution in [0.3, 0.4) is 0 Å². The highest BCUT2D eigenvalue weighted by atomic mass is 16.2. The standard InChI is InChI=1S/C6H8N4O/c7-6(11)10-3-8-5(9-10)4-1-2-4/h3-4H,1-2H2,(H2,7,11). The van der Waals surface area contributed by atoms with Crippen LogP contribution in [-0.2, 0) is 0 Å². The van der Waals surface area contributed by atoms with Crippen LogP contribution in [0.15, 0.2) is 6.33 Å². The number of primary amides is 1. The zero-order valence-corrected chi connectivity index (χ0v) is 5.90. The molecule has 11 heavy (non-hydrogen) atoms. The lowest BCUT2D eigenvalue weighted by molar-refractivity contribution is 0.247. The van der Waals surface area contributed by atoms with E-state index in [0.717, 1.165) is 23.3 Å². The summed E-state index contributed by atoms with van der Waals surface area (Å²) in [4.78, 5) is 14.5. The van der Waals surface area contributed by atoms with Crippen LogP contribution < -0.4 is 5.73 Å². The van der Waals surface area contributed by atoms with Gasteiger partial charge in [0.2, 0.25) is 0 Å². The average molecular weight is 152 g/mol. The molecule has 0 saturated heterocycles. The summed E-state index contributed by atoms with van der Waals surface area (Å²) in [6, 6.07) is -0.579. The second-order valence-electron chi connectivity index (χ2n) is 2.66. The molecule has 1 amide bonds. The molecule has 0 bridgehead atoms. The topological polar surface area (TPSA) is 73.8 Å². The molecule has 5 nitrogen and oxygen atoms in total. The van der Waals surface area contributed by atoms with E-state index in [1.54, 1.807) is 0 Å². The van der Waals surface area contributed by atoms with Gasteiger partial charge in [0.05, 0.1) is 0 Å². The third kappa shape index (κ3) is 1.09. The van der Waals surface area contributed by atoms with E-state index in [4.69, 9.17) is 5.73 Å². The lowest BCUT2D eigenvalue weighted by Gasteiger charge is -1.88. The van der Waals surface area contributed by atoms with Gasteiger partial charge in [-0.2, -0.15) is 4.68 Å². The maximum Gasteiger partial charge on any atom is 0.340 e. The molecule has 1 heterocycles. The molecule has 0 atom stereocenters. The van der Waals surface area contributed by atoms with Gasteiger partial charge < -0.3 is 5.73 Å². The SMILES string of the molecule is NC(=O)n1cnc(C2CC2)n1. The monoisotopic (exact) mass is 152 g/mol. The molecule has 2 N–H and O–H groups in total. The number of carbonyl (C=O) groups excluding carboxylic acids is 1. The minimum absolute atomic E-state index is 0.468. The van der Waals surface area contributed by atoms with E-state index in [1.165, 1.54) is 6.33 Å². The van der Waals surface area contributed by atoms with Gasteiger partial charge in [0.25, 0.3) is 0 Å². The fourth-order valence-electron chi connectivity index (χ4n) is 0.911. The Bertz CT molecular complexity index is 289. The summed E-state index contributed by atoms with van der Waals surface area (Å²) >= 11 is 0. The fraction of sp³-hybridized carbons (Fsp3) is 0.500. The van der Waals surface area contributed by atoms with Gasteiger partial charge in [-0.15, -0.1) is 5.10 Å². The van der Waals surface area contributed by atoms with Crippen molar-refractivity contribution in [1.29, 1.82) is 0 Å². The molecule has 0 aromatic carbocycles. The van der Waals surface area contributed by atoms with Gasteiger partial charge in [-0.25, -0.2) is 9.78 Å². The Morgan fingerprint density at radius 2 is 2.45 bits per heavy atom. The van der Waals surface area contributed by atoms with E-state index in [0.29, 0.717) is 5.92 Å². The van der Waals surface area contributed by atoms with Crippen LogP contribution in [0.1, 0.15) is 24.6 Å². The van der Waals surface area contributed by atoms with E-state index in [1.807, 2.05) is 0 Å². The van der Waals surface area contributed by atoms with Gasteiger partial charge in [0, 0.05) is 5.92 Å². The summed E-state index contributed by atoms with van der Waals surface area (Å²) in [6.45, 7) is 0. The maximum absolute atomic E-state index is 10.5. The van der Waals surface area contributed by atoms with Gasteiger partial charge in [0.1, 0.15) is 6.33 Å². The van der Waals surface area contributed by atoms with E-state index in [-0.39, 0.29) is 0 Å². The highest BCUT2D eigenvalue weighted by Crippen LogP contribution is 2.37. The first-order chi connectivity index (χ1) is 5.27. The van der Waals surface area contributed by atoms with Crippen molar-refractivity contribution in [2.75, 3.05) is 0 Å². The van der Waals surface area contributed by atoms with E-state index < -0.39 is 6.03 Å². The number of nitrogens with zero attached hydrogens (tertiary/aromatic N) is 3. The summed E-state index contributed by atoms with van der Waals surface area (Å²) in [5, 5.41) is 3.90. The molecule has 0 spiro atoms. The van der Waals surface area contributed by atoms with Crippen molar-refractivity contribution in [2.45, 2.75) is 18.8 Å². The molecule has 5 heteroatoms. The Balaban J connectivity index is 2.25. The van der Waals surface area contributed by atoms with Crippen molar-refractivity contribution in [3.8, 4) is 0 Å². The van der Waals surface area contributed by atoms with Crippen LogP contribution in [0.4, 0.5) is 4.79 Å². The van der Waals surface area contributed by atoms with Gasteiger partial charge in [-0.05, 0) is 12.8 Å². The number of hydrogen-bond donors (Lipinski definition) is 1. The minimum Gasteiger partial charge on any atom is -0.350 e. The predicted molar refractivity (Wildman–Crippen MR) is 37.0 cm³/mol. The fourth-order valence-corrected chi connectivity index (χ4v) is 0.911. The Morgan fingerprint density at radius 3 is 2.91 bits per heavy atom. The molecule has 1 aliphatic rings. The summed E-state index contributed by atoms with van der Waals surface area (Å²) in [7, 11) is 0. The molecule has 1 aliphatic carbocycles. The Morgan fingerprint density at radius 1 is 1.73 bits per heavy atom. The van der Waals surface area contributed by atoms with Gasteiger partial charge in [-0.3, -0.25) is 0 Å². The van der Waals surface area contributed by atoms with Crippen molar-refractivity contribution >= 4 is 6.03 Å². The van der Waals surface area contributed by atoms with E-state index in [9.17, 15) is 4.79 Å². The van der Waals surface area contributed by atoms with Crippen molar-refractivity contribution < 1.29 is 4.79 Å². The van der Waals surface area contributed by atoms with E-state index in [2.05, 4.69) is 10.1 Å². The van der Waals surface area contributed by atoms with Crippen molar-refractivity contribution in [2.24, 2.45) is 5.73 Å². The molecule has 1 aromatic rings. The third-order valence-electron chi connectivity index (χ3n) is 1.68. The van der Waals surface area contributed by atoms with Crippen LogP contribution in [-0.4, -0.2) is 20.8 Å². The molecule has 0 radical (unpaired) electrons. The number of carbonyl (C=O) groups is 1.